The standard InChI is InChI=1S/C39H32Si.2C4H9.Zr/c1-23-19-32-30-13-7-9-25-15-17-27(36(25)30)21-34(32)38(23)40(3,29-11-5-4-6-12-29)39-24(2)20-33-31-14-8-10-26-16-18-28(37(26)31)22-35(33)39;2*1-3-4-2;/h4-14,19-22H,15-18H2,1-3H3;2*1,3-4H2,2H3;/q-2;2*-1;+4. The van der Waals surface area contributed by atoms with Crippen molar-refractivity contribution in [1.29, 1.82) is 0 Å². The maximum Gasteiger partial charge on any atom is 4.00 e. The predicted octanol–water partition coefficient (Wildman–Crippen LogP) is 10.9. The van der Waals surface area contributed by atoms with Crippen LogP contribution in [0.2, 0.25) is 6.55 Å². The van der Waals surface area contributed by atoms with Crippen molar-refractivity contribution < 1.29 is 26.2 Å². The molecule has 2 aliphatic carbocycles. The Morgan fingerprint density at radius 1 is 0.551 bits per heavy atom. The second-order valence-corrected chi connectivity index (χ2v) is 18.1. The van der Waals surface area contributed by atoms with Crippen molar-refractivity contribution in [2.45, 2.75) is 85.6 Å². The van der Waals surface area contributed by atoms with Crippen LogP contribution in [-0.4, -0.2) is 8.07 Å². The smallest absolute Gasteiger partial charge is 0.343 e. The molecule has 0 heterocycles. The van der Waals surface area contributed by atoms with Gasteiger partial charge in [-0.15, -0.1) is 55.2 Å². The zero-order valence-electron chi connectivity index (χ0n) is 30.2. The second-order valence-electron chi connectivity index (χ2n) is 14.3. The largest absolute Gasteiger partial charge is 4.00 e. The molecule has 49 heavy (non-hydrogen) atoms. The Balaban J connectivity index is 0.000000422. The molecule has 0 atom stereocenters. The van der Waals surface area contributed by atoms with Gasteiger partial charge in [0.25, 0.3) is 0 Å². The molecule has 0 aromatic heterocycles. The molecule has 0 radical (unpaired) electrons. The van der Waals surface area contributed by atoms with Crippen molar-refractivity contribution in [1.82, 2.24) is 0 Å². The Morgan fingerprint density at radius 2 is 0.959 bits per heavy atom. The molecule has 9 rings (SSSR count). The van der Waals surface area contributed by atoms with Gasteiger partial charge < -0.3 is 13.8 Å². The Hall–Kier alpha value is -3.06. The summed E-state index contributed by atoms with van der Waals surface area (Å²) in [6.45, 7) is 18.9. The third-order valence-electron chi connectivity index (χ3n) is 11.2. The van der Waals surface area contributed by atoms with E-state index in [0.717, 1.165) is 25.7 Å². The van der Waals surface area contributed by atoms with Gasteiger partial charge in [-0.25, -0.2) is 0 Å². The summed E-state index contributed by atoms with van der Waals surface area (Å²) in [5, 5.41) is 16.6. The molecule has 0 saturated heterocycles. The van der Waals surface area contributed by atoms with Gasteiger partial charge in [-0.3, -0.25) is 0 Å². The molecule has 7 aromatic carbocycles. The van der Waals surface area contributed by atoms with Gasteiger partial charge >= 0.3 is 26.2 Å². The van der Waals surface area contributed by atoms with Crippen LogP contribution in [0.25, 0.3) is 43.1 Å². The molecule has 246 valence electrons. The Morgan fingerprint density at radius 3 is 1.37 bits per heavy atom. The van der Waals surface area contributed by atoms with E-state index in [9.17, 15) is 0 Å². The fourth-order valence-electron chi connectivity index (χ4n) is 8.94. The van der Waals surface area contributed by atoms with E-state index in [0.29, 0.717) is 0 Å². The Labute approximate surface area is 314 Å². The predicted molar refractivity (Wildman–Crippen MR) is 216 cm³/mol. The summed E-state index contributed by atoms with van der Waals surface area (Å²) in [6.07, 6.45) is 9.22. The molecule has 0 amide bonds. The molecule has 0 unspecified atom stereocenters. The molecule has 7 aromatic rings. The number of benzene rings is 5. The van der Waals surface area contributed by atoms with Crippen LogP contribution >= 0.6 is 0 Å². The molecule has 0 N–H and O–H groups in total. The molecule has 0 aliphatic heterocycles. The monoisotopic (exact) mass is 732 g/mol. The first-order valence-electron chi connectivity index (χ1n) is 18.3. The summed E-state index contributed by atoms with van der Waals surface area (Å²) >= 11 is 0. The molecule has 0 spiro atoms. The first kappa shape index (κ1) is 35.8. The van der Waals surface area contributed by atoms with Crippen molar-refractivity contribution in [3.05, 3.63) is 138 Å². The molecule has 0 nitrogen and oxygen atoms in total. The van der Waals surface area contributed by atoms with E-state index in [2.05, 4.69) is 139 Å². The first-order valence-corrected chi connectivity index (χ1v) is 20.8. The quantitative estimate of drug-likeness (QED) is 0.122. The zero-order valence-corrected chi connectivity index (χ0v) is 33.7. The zero-order chi connectivity index (χ0) is 33.6. The van der Waals surface area contributed by atoms with Gasteiger partial charge in [-0.2, -0.15) is 25.0 Å². The summed E-state index contributed by atoms with van der Waals surface area (Å²) in [6, 6.07) is 35.7. The summed E-state index contributed by atoms with van der Waals surface area (Å²) in [5.41, 5.74) is 9.06. The van der Waals surface area contributed by atoms with Gasteiger partial charge in [0.1, 0.15) is 0 Å². The fraction of sp³-hybridized carbons (Fsp3) is 0.277. The third-order valence-corrected chi connectivity index (χ3v) is 16.0. The molecular weight excluding hydrogens is 684 g/mol. The van der Waals surface area contributed by atoms with Crippen LogP contribution in [0.5, 0.6) is 0 Å². The van der Waals surface area contributed by atoms with Gasteiger partial charge in [0.15, 0.2) is 0 Å². The van der Waals surface area contributed by atoms with E-state index >= 15 is 0 Å². The normalized spacial score (nSPS) is 13.0. The summed E-state index contributed by atoms with van der Waals surface area (Å²) in [5.74, 6) is 0. The number of fused-ring (bicyclic) bond motifs is 4. The maximum absolute atomic E-state index is 3.60. The van der Waals surface area contributed by atoms with Crippen LogP contribution in [0.15, 0.2) is 91.0 Å². The van der Waals surface area contributed by atoms with Gasteiger partial charge in [0.05, 0.1) is 8.07 Å². The van der Waals surface area contributed by atoms with Crippen molar-refractivity contribution in [2.24, 2.45) is 0 Å². The van der Waals surface area contributed by atoms with Gasteiger partial charge in [0, 0.05) is 0 Å². The van der Waals surface area contributed by atoms with Gasteiger partial charge in [0.2, 0.25) is 0 Å². The fourth-order valence-corrected chi connectivity index (χ4v) is 13.8. The second kappa shape index (κ2) is 14.7. The first-order chi connectivity index (χ1) is 23.4. The van der Waals surface area contributed by atoms with E-state index in [1.807, 2.05) is 0 Å². The molecule has 0 saturated carbocycles. The maximum atomic E-state index is 3.60. The summed E-state index contributed by atoms with van der Waals surface area (Å²) < 4.78 is 0. The van der Waals surface area contributed by atoms with Gasteiger partial charge in [-0.1, -0.05) is 141 Å². The van der Waals surface area contributed by atoms with Gasteiger partial charge in [-0.05, 0) is 47.6 Å². The Kier molecular flexibility index (Phi) is 10.7. The summed E-state index contributed by atoms with van der Waals surface area (Å²) in [7, 11) is -2.40. The number of hydrogen-bond donors (Lipinski definition) is 0. The number of hydrogen-bond acceptors (Lipinski definition) is 0. The third kappa shape index (κ3) is 5.86. The van der Waals surface area contributed by atoms with Crippen LogP contribution in [-0.2, 0) is 51.9 Å². The van der Waals surface area contributed by atoms with Crippen molar-refractivity contribution in [3.63, 3.8) is 0 Å². The van der Waals surface area contributed by atoms with Crippen molar-refractivity contribution in [2.75, 3.05) is 0 Å². The molecule has 2 aliphatic rings. The molecule has 0 bridgehead atoms. The number of rotatable bonds is 5. The van der Waals surface area contributed by atoms with E-state index in [-0.39, 0.29) is 26.2 Å². The minimum absolute atomic E-state index is 0. The van der Waals surface area contributed by atoms with E-state index in [4.69, 9.17) is 0 Å². The van der Waals surface area contributed by atoms with Crippen LogP contribution < -0.4 is 15.6 Å². The summed E-state index contributed by atoms with van der Waals surface area (Å²) in [4.78, 5) is 0. The van der Waals surface area contributed by atoms with Crippen molar-refractivity contribution in [3.8, 4) is 0 Å². The SMILES string of the molecule is Cc1cc2c3cccc4c3c(cc2[c-]1[Si](C)(c1ccccc1)[c-]1c(C)cc2c3cccc5c3c(cc21)CC5)CC4.[CH2-]CCC.[CH2-]CCC.[Zr+4]. The number of aryl methyl sites for hydroxylation is 6. The van der Waals surface area contributed by atoms with E-state index in [1.165, 1.54) is 96.2 Å². The average Bonchev–Trinajstić information content (AvgIpc) is 3.90. The molecule has 2 heteroatoms. The van der Waals surface area contributed by atoms with Crippen LogP contribution in [0.1, 0.15) is 72.9 Å². The molecular formula is C47H50SiZr. The molecule has 0 fully saturated rings. The average molecular weight is 734 g/mol. The minimum atomic E-state index is -2.40. The minimum Gasteiger partial charge on any atom is -0.343 e. The number of unbranched alkanes of at least 4 members (excludes halogenated alkanes) is 2. The van der Waals surface area contributed by atoms with Crippen LogP contribution in [0, 0.1) is 27.7 Å². The van der Waals surface area contributed by atoms with Crippen LogP contribution in [0.4, 0.5) is 0 Å². The van der Waals surface area contributed by atoms with E-state index in [1.54, 1.807) is 21.5 Å². The van der Waals surface area contributed by atoms with E-state index < -0.39 is 8.07 Å². The topological polar surface area (TPSA) is 0 Å². The van der Waals surface area contributed by atoms with Crippen molar-refractivity contribution >= 4 is 66.7 Å². The Bertz CT molecular complexity index is 2120. The van der Waals surface area contributed by atoms with Crippen LogP contribution in [0.3, 0.4) is 0 Å².